The number of hydrogen-bond donors (Lipinski definition) is 0. The number of halogens is 1. The fraction of sp³-hybridized carbons (Fsp3) is 0.125. The van der Waals surface area contributed by atoms with Crippen molar-refractivity contribution in [1.82, 2.24) is 5.01 Å². The van der Waals surface area contributed by atoms with Crippen LogP contribution in [0.25, 0.3) is 0 Å². The summed E-state index contributed by atoms with van der Waals surface area (Å²) in [5.41, 5.74) is 4.53. The van der Waals surface area contributed by atoms with Gasteiger partial charge in [-0.05, 0) is 72.5 Å². The van der Waals surface area contributed by atoms with Crippen LogP contribution in [0.4, 0.5) is 0 Å². The van der Waals surface area contributed by atoms with Crippen molar-refractivity contribution in [2.75, 3.05) is 0 Å². The zero-order chi connectivity index (χ0) is 21.3. The minimum Gasteiger partial charge on any atom is -0.488 e. The highest BCUT2D eigenvalue weighted by Crippen LogP contribution is 2.26. The van der Waals surface area contributed by atoms with Crippen molar-refractivity contribution in [2.45, 2.75) is 20.5 Å². The Kier molecular flexibility index (Phi) is 5.50. The number of carbonyl (C=O) groups excluding carboxylic acids is 2. The number of nitrogens with zero attached hydrogens (tertiary/aromatic N) is 2. The largest absolute Gasteiger partial charge is 0.488 e. The summed E-state index contributed by atoms with van der Waals surface area (Å²) in [6.07, 6.45) is 1.53. The van der Waals surface area contributed by atoms with Gasteiger partial charge in [-0.3, -0.25) is 9.59 Å². The smallest absolute Gasteiger partial charge is 0.282 e. The SMILES string of the molecule is Cc1cc(/C=N\N2C(=O)c3ccccc3C2=O)cc(C)c1OCc1ccc(Br)cc1. The second kappa shape index (κ2) is 8.24. The van der Waals surface area contributed by atoms with E-state index >= 15 is 0 Å². The van der Waals surface area contributed by atoms with Crippen LogP contribution in [0.5, 0.6) is 5.75 Å². The third-order valence-electron chi connectivity index (χ3n) is 4.87. The van der Waals surface area contributed by atoms with E-state index in [-0.39, 0.29) is 0 Å². The molecular weight excluding hydrogens is 444 g/mol. The van der Waals surface area contributed by atoms with Crippen LogP contribution < -0.4 is 4.74 Å². The number of rotatable bonds is 5. The third-order valence-corrected chi connectivity index (χ3v) is 5.40. The Morgan fingerprint density at radius 3 is 2.07 bits per heavy atom. The fourth-order valence-electron chi connectivity index (χ4n) is 3.43. The minimum atomic E-state index is -0.408. The number of hydrogen-bond acceptors (Lipinski definition) is 4. The van der Waals surface area contributed by atoms with E-state index in [1.54, 1.807) is 24.3 Å². The second-order valence-corrected chi connectivity index (χ2v) is 8.03. The highest BCUT2D eigenvalue weighted by molar-refractivity contribution is 9.10. The normalized spacial score (nSPS) is 13.2. The van der Waals surface area contributed by atoms with Gasteiger partial charge in [-0.15, -0.1) is 0 Å². The molecule has 4 rings (SSSR count). The van der Waals surface area contributed by atoms with E-state index in [4.69, 9.17) is 4.74 Å². The fourth-order valence-corrected chi connectivity index (χ4v) is 3.69. The van der Waals surface area contributed by atoms with Crippen LogP contribution in [0.1, 0.15) is 43.0 Å². The van der Waals surface area contributed by atoms with Crippen LogP contribution in [0.15, 0.2) is 70.2 Å². The molecule has 1 heterocycles. The van der Waals surface area contributed by atoms with Gasteiger partial charge in [0.05, 0.1) is 17.3 Å². The van der Waals surface area contributed by atoms with Gasteiger partial charge < -0.3 is 4.74 Å². The molecule has 0 bridgehead atoms. The molecule has 3 aromatic carbocycles. The molecule has 150 valence electrons. The molecule has 1 aliphatic rings. The molecular formula is C24H19BrN2O3. The molecule has 0 radical (unpaired) electrons. The zero-order valence-electron chi connectivity index (χ0n) is 16.6. The lowest BCUT2D eigenvalue weighted by molar-refractivity contribution is 0.0660. The number of ether oxygens (including phenoxy) is 1. The number of amides is 2. The third kappa shape index (κ3) is 3.91. The lowest BCUT2D eigenvalue weighted by Crippen LogP contribution is -2.24. The zero-order valence-corrected chi connectivity index (χ0v) is 18.1. The molecule has 0 spiro atoms. The van der Waals surface area contributed by atoms with Gasteiger partial charge in [0.15, 0.2) is 0 Å². The highest BCUT2D eigenvalue weighted by atomic mass is 79.9. The van der Waals surface area contributed by atoms with Gasteiger partial charge in [0, 0.05) is 4.47 Å². The van der Waals surface area contributed by atoms with Crippen LogP contribution in [0.2, 0.25) is 0 Å². The predicted octanol–water partition coefficient (Wildman–Crippen LogP) is 5.28. The topological polar surface area (TPSA) is 59.0 Å². The molecule has 0 saturated carbocycles. The maximum Gasteiger partial charge on any atom is 0.282 e. The lowest BCUT2D eigenvalue weighted by atomic mass is 10.1. The molecule has 2 amide bonds. The summed E-state index contributed by atoms with van der Waals surface area (Å²) in [7, 11) is 0. The number of benzene rings is 3. The molecule has 1 aliphatic heterocycles. The Morgan fingerprint density at radius 2 is 1.50 bits per heavy atom. The van der Waals surface area contributed by atoms with E-state index in [1.807, 2.05) is 50.2 Å². The van der Waals surface area contributed by atoms with Gasteiger partial charge in [0.2, 0.25) is 0 Å². The summed E-state index contributed by atoms with van der Waals surface area (Å²) in [4.78, 5) is 24.9. The van der Waals surface area contributed by atoms with Crippen molar-refractivity contribution >= 4 is 34.0 Å². The molecule has 5 nitrogen and oxygen atoms in total. The van der Waals surface area contributed by atoms with Gasteiger partial charge in [0.1, 0.15) is 12.4 Å². The molecule has 0 aliphatic carbocycles. The minimum absolute atomic E-state index is 0.378. The molecule has 0 unspecified atom stereocenters. The summed E-state index contributed by atoms with van der Waals surface area (Å²) in [6.45, 7) is 4.39. The maximum absolute atomic E-state index is 12.4. The van der Waals surface area contributed by atoms with E-state index in [9.17, 15) is 9.59 Å². The molecule has 0 N–H and O–H groups in total. The number of aryl methyl sites for hydroxylation is 2. The summed E-state index contributed by atoms with van der Waals surface area (Å²) in [6, 6.07) is 18.6. The molecule has 6 heteroatoms. The van der Waals surface area contributed by atoms with Crippen molar-refractivity contribution in [3.63, 3.8) is 0 Å². The molecule has 0 fully saturated rings. The van der Waals surface area contributed by atoms with E-state index in [0.29, 0.717) is 17.7 Å². The van der Waals surface area contributed by atoms with Crippen LogP contribution in [0.3, 0.4) is 0 Å². The van der Waals surface area contributed by atoms with Crippen LogP contribution >= 0.6 is 15.9 Å². The number of fused-ring (bicyclic) bond motifs is 1. The van der Waals surface area contributed by atoms with Gasteiger partial charge in [-0.25, -0.2) is 0 Å². The average molecular weight is 463 g/mol. The van der Waals surface area contributed by atoms with Crippen LogP contribution in [0, 0.1) is 13.8 Å². The molecule has 0 aromatic heterocycles. The number of hydrazone groups is 1. The lowest BCUT2D eigenvalue weighted by Gasteiger charge is -2.13. The summed E-state index contributed by atoms with van der Waals surface area (Å²) >= 11 is 3.43. The van der Waals surface area contributed by atoms with Gasteiger partial charge in [-0.1, -0.05) is 40.2 Å². The van der Waals surface area contributed by atoms with E-state index in [1.165, 1.54) is 6.21 Å². The van der Waals surface area contributed by atoms with Crippen molar-refractivity contribution in [3.8, 4) is 5.75 Å². The van der Waals surface area contributed by atoms with E-state index in [2.05, 4.69) is 21.0 Å². The quantitative estimate of drug-likeness (QED) is 0.383. The maximum atomic E-state index is 12.4. The second-order valence-electron chi connectivity index (χ2n) is 7.11. The summed E-state index contributed by atoms with van der Waals surface area (Å²) in [5.74, 6) is 0.000268. The Bertz CT molecular complexity index is 1110. The van der Waals surface area contributed by atoms with Gasteiger partial charge in [-0.2, -0.15) is 10.1 Å². The average Bonchev–Trinajstić information content (AvgIpc) is 2.97. The van der Waals surface area contributed by atoms with E-state index in [0.717, 1.165) is 37.5 Å². The van der Waals surface area contributed by atoms with Crippen molar-refractivity contribution in [2.24, 2.45) is 5.10 Å². The first-order valence-corrected chi connectivity index (χ1v) is 10.2. The Labute approximate surface area is 183 Å². The first-order chi connectivity index (χ1) is 14.4. The van der Waals surface area contributed by atoms with E-state index < -0.39 is 11.8 Å². The van der Waals surface area contributed by atoms with Gasteiger partial charge >= 0.3 is 0 Å². The van der Waals surface area contributed by atoms with Crippen LogP contribution in [-0.4, -0.2) is 23.0 Å². The van der Waals surface area contributed by atoms with Crippen LogP contribution in [-0.2, 0) is 6.61 Å². The molecule has 3 aromatic rings. The van der Waals surface area contributed by atoms with Crippen molar-refractivity contribution < 1.29 is 14.3 Å². The highest BCUT2D eigenvalue weighted by Gasteiger charge is 2.35. The Hall–Kier alpha value is -3.25. The molecule has 30 heavy (non-hydrogen) atoms. The monoisotopic (exact) mass is 462 g/mol. The first kappa shape index (κ1) is 20.0. The summed E-state index contributed by atoms with van der Waals surface area (Å²) in [5, 5.41) is 5.06. The Morgan fingerprint density at radius 1 is 0.933 bits per heavy atom. The number of carbonyl (C=O) groups is 2. The first-order valence-electron chi connectivity index (χ1n) is 9.44. The summed E-state index contributed by atoms with van der Waals surface area (Å²) < 4.78 is 7.05. The van der Waals surface area contributed by atoms with Gasteiger partial charge in [0.25, 0.3) is 11.8 Å². The molecule has 0 saturated heterocycles. The Balaban J connectivity index is 1.50. The van der Waals surface area contributed by atoms with Crippen molar-refractivity contribution in [3.05, 3.63) is 98.5 Å². The predicted molar refractivity (Wildman–Crippen MR) is 119 cm³/mol. The number of imide groups is 1. The standard InChI is InChI=1S/C24H19BrN2O3/c1-15-11-18(12-16(2)22(15)30-14-17-7-9-19(25)10-8-17)13-26-27-23(28)20-5-3-4-6-21(20)24(27)29/h3-13H,14H2,1-2H3/b26-13-. The van der Waals surface area contributed by atoms with Crippen molar-refractivity contribution in [1.29, 1.82) is 0 Å². The molecule has 0 atom stereocenters.